The molecule has 0 aromatic rings. The Kier molecular flexibility index (Phi) is 9.50. The van der Waals surface area contributed by atoms with Crippen molar-refractivity contribution in [2.24, 2.45) is 10.8 Å². The van der Waals surface area contributed by atoms with E-state index in [1.807, 2.05) is 0 Å². The van der Waals surface area contributed by atoms with E-state index in [4.69, 9.17) is 0 Å². The molecule has 2 saturated carbocycles. The van der Waals surface area contributed by atoms with Gasteiger partial charge in [-0.15, -0.1) is 0 Å². The van der Waals surface area contributed by atoms with Crippen molar-refractivity contribution in [2.75, 3.05) is 0 Å². The van der Waals surface area contributed by atoms with E-state index in [-0.39, 0.29) is 45.5 Å². The molecule has 2 fully saturated rings. The minimum absolute atomic E-state index is 0. The molecule has 0 atom stereocenters. The van der Waals surface area contributed by atoms with E-state index in [2.05, 4.69) is 92.9 Å². The van der Waals surface area contributed by atoms with Gasteiger partial charge in [0.1, 0.15) is 0 Å². The summed E-state index contributed by atoms with van der Waals surface area (Å²) in [5.41, 5.74) is 0.646. The van der Waals surface area contributed by atoms with Crippen LogP contribution in [0, 0.1) is 74.0 Å². The molecule has 2 rings (SSSR count). The minimum Gasteiger partial charge on any atom is -0.0596 e. The van der Waals surface area contributed by atoms with E-state index in [9.17, 15) is 0 Å². The SMILES string of the molecule is CC(C)(C)[C]1[CH][CH][CH][CH]1.CC(C)(C)[C]1[CH][CH][CH][CH]1.[Sr]. The van der Waals surface area contributed by atoms with Crippen LogP contribution in [0.2, 0.25) is 0 Å². The molecule has 0 bridgehead atoms. The molecular formula is C18H26Sr. The predicted octanol–water partition coefficient (Wildman–Crippen LogP) is 4.49. The zero-order valence-electron chi connectivity index (χ0n) is 13.3. The molecule has 0 spiro atoms. The summed E-state index contributed by atoms with van der Waals surface area (Å²) in [6, 6.07) is 0. The fourth-order valence-electron chi connectivity index (χ4n) is 1.75. The molecule has 0 heterocycles. The Bertz CT molecular complexity index is 193. The largest absolute Gasteiger partial charge is 0.0596 e. The van der Waals surface area contributed by atoms with E-state index in [0.717, 1.165) is 0 Å². The second kappa shape index (κ2) is 8.81. The van der Waals surface area contributed by atoms with Crippen LogP contribution in [0.25, 0.3) is 0 Å². The van der Waals surface area contributed by atoms with Gasteiger partial charge < -0.3 is 0 Å². The van der Waals surface area contributed by atoms with Gasteiger partial charge in [-0.3, -0.25) is 0 Å². The van der Waals surface area contributed by atoms with Crippen molar-refractivity contribution in [1.29, 1.82) is 0 Å². The molecular weight excluding hydrogens is 304 g/mol. The molecule has 0 amide bonds. The van der Waals surface area contributed by atoms with E-state index in [0.29, 0.717) is 10.8 Å². The van der Waals surface area contributed by atoms with Crippen LogP contribution in [0.1, 0.15) is 41.5 Å². The van der Waals surface area contributed by atoms with Gasteiger partial charge in [-0.1, -0.05) is 41.5 Å². The van der Waals surface area contributed by atoms with Gasteiger partial charge in [0, 0.05) is 45.5 Å². The normalized spacial score (nSPS) is 21.8. The van der Waals surface area contributed by atoms with Crippen molar-refractivity contribution in [3.8, 4) is 0 Å². The first-order valence-corrected chi connectivity index (χ1v) is 6.65. The van der Waals surface area contributed by atoms with Gasteiger partial charge in [-0.2, -0.15) is 0 Å². The summed E-state index contributed by atoms with van der Waals surface area (Å²) in [6.07, 6.45) is 17.0. The van der Waals surface area contributed by atoms with Gasteiger partial charge >= 0.3 is 0 Å². The summed E-state index contributed by atoms with van der Waals surface area (Å²) >= 11 is 0. The maximum atomic E-state index is 2.22. The van der Waals surface area contributed by atoms with Crippen molar-refractivity contribution in [3.05, 3.63) is 63.2 Å². The molecule has 0 aromatic carbocycles. The molecule has 2 aliphatic rings. The van der Waals surface area contributed by atoms with Gasteiger partial charge in [-0.25, -0.2) is 0 Å². The summed E-state index contributed by atoms with van der Waals surface area (Å²) in [5, 5.41) is 0. The average Bonchev–Trinajstić information content (AvgIpc) is 2.91. The molecule has 0 nitrogen and oxygen atoms in total. The summed E-state index contributed by atoms with van der Waals surface area (Å²) in [5.74, 6) is 2.84. The van der Waals surface area contributed by atoms with Crippen molar-refractivity contribution in [2.45, 2.75) is 41.5 Å². The smallest absolute Gasteiger partial charge is 0 e. The summed E-state index contributed by atoms with van der Waals surface area (Å²) in [6.45, 7) is 13.3. The monoisotopic (exact) mass is 330 g/mol. The van der Waals surface area contributed by atoms with E-state index in [1.54, 1.807) is 0 Å². The maximum absolute atomic E-state index is 2.22. The van der Waals surface area contributed by atoms with E-state index < -0.39 is 0 Å². The first-order chi connectivity index (χ1) is 8.21. The van der Waals surface area contributed by atoms with Crippen LogP contribution in [-0.2, 0) is 0 Å². The molecule has 0 aliphatic heterocycles. The van der Waals surface area contributed by atoms with Crippen LogP contribution in [0.5, 0.6) is 0 Å². The molecule has 0 saturated heterocycles. The zero-order chi connectivity index (χ0) is 13.8. The second-order valence-corrected chi connectivity index (χ2v) is 6.85. The fraction of sp³-hybridized carbons (Fsp3) is 0.444. The van der Waals surface area contributed by atoms with Crippen molar-refractivity contribution < 1.29 is 0 Å². The number of rotatable bonds is 0. The maximum Gasteiger partial charge on any atom is 0 e. The Morgan fingerprint density at radius 1 is 0.526 bits per heavy atom. The van der Waals surface area contributed by atoms with Crippen LogP contribution < -0.4 is 0 Å². The third-order valence-electron chi connectivity index (χ3n) is 3.06. The molecule has 12 radical (unpaired) electrons. The molecule has 2 aliphatic carbocycles. The third kappa shape index (κ3) is 7.88. The van der Waals surface area contributed by atoms with Crippen molar-refractivity contribution in [3.63, 3.8) is 0 Å². The van der Waals surface area contributed by atoms with Gasteiger partial charge in [0.05, 0.1) is 0 Å². The number of hydrogen-bond donors (Lipinski definition) is 0. The molecule has 0 aromatic heterocycles. The summed E-state index contributed by atoms with van der Waals surface area (Å²) in [7, 11) is 0. The standard InChI is InChI=1S/2C9H13.Sr/c2*1-9(2,3)8-6-4-5-7-8;/h2*4-7H,1-3H3;. The zero-order valence-corrected chi connectivity index (χ0v) is 16.8. The molecule has 19 heavy (non-hydrogen) atoms. The predicted molar refractivity (Wildman–Crippen MR) is 85.6 cm³/mol. The quantitative estimate of drug-likeness (QED) is 0.574. The summed E-state index contributed by atoms with van der Waals surface area (Å²) < 4.78 is 0. The summed E-state index contributed by atoms with van der Waals surface area (Å²) in [4.78, 5) is 0. The molecule has 0 unspecified atom stereocenters. The van der Waals surface area contributed by atoms with Crippen LogP contribution in [-0.4, -0.2) is 45.5 Å². The Hall–Kier alpha value is 1.48. The van der Waals surface area contributed by atoms with Gasteiger partial charge in [0.15, 0.2) is 0 Å². The van der Waals surface area contributed by atoms with Gasteiger partial charge in [-0.05, 0) is 74.0 Å². The third-order valence-corrected chi connectivity index (χ3v) is 3.06. The minimum atomic E-state index is 0. The molecule has 100 valence electrons. The average molecular weight is 330 g/mol. The van der Waals surface area contributed by atoms with Gasteiger partial charge in [0.25, 0.3) is 0 Å². The Morgan fingerprint density at radius 2 is 0.737 bits per heavy atom. The topological polar surface area (TPSA) is 0 Å². The van der Waals surface area contributed by atoms with Crippen molar-refractivity contribution >= 4 is 45.5 Å². The van der Waals surface area contributed by atoms with Crippen LogP contribution in [0.15, 0.2) is 0 Å². The second-order valence-electron chi connectivity index (χ2n) is 6.85. The van der Waals surface area contributed by atoms with Crippen molar-refractivity contribution in [1.82, 2.24) is 0 Å². The first-order valence-electron chi connectivity index (χ1n) is 6.65. The molecule has 0 N–H and O–H groups in total. The Morgan fingerprint density at radius 3 is 0.842 bits per heavy atom. The van der Waals surface area contributed by atoms with Crippen LogP contribution >= 0.6 is 0 Å². The first kappa shape index (κ1) is 20.5. The van der Waals surface area contributed by atoms with Gasteiger partial charge in [0.2, 0.25) is 0 Å². The Labute approximate surface area is 159 Å². The number of hydrogen-bond acceptors (Lipinski definition) is 0. The fourth-order valence-corrected chi connectivity index (χ4v) is 1.75. The van der Waals surface area contributed by atoms with E-state index >= 15 is 0 Å². The van der Waals surface area contributed by atoms with Crippen LogP contribution in [0.3, 0.4) is 0 Å². The van der Waals surface area contributed by atoms with Crippen LogP contribution in [0.4, 0.5) is 0 Å². The van der Waals surface area contributed by atoms with E-state index in [1.165, 1.54) is 11.8 Å². The molecule has 1 heteroatoms. The Balaban J connectivity index is 0.000000324.